The van der Waals surface area contributed by atoms with Crippen molar-refractivity contribution in [3.05, 3.63) is 72.8 Å². The highest BCUT2D eigenvalue weighted by molar-refractivity contribution is 5.87. The summed E-state index contributed by atoms with van der Waals surface area (Å²) in [7, 11) is 0. The molecule has 46 heavy (non-hydrogen) atoms. The third-order valence-electron chi connectivity index (χ3n) is 5.63. The first-order valence-corrected chi connectivity index (χ1v) is 14.2. The van der Waals surface area contributed by atoms with Crippen LogP contribution < -0.4 is 20.1 Å². The standard InChI is InChI=1S/C32H40N2O12/c1-21(2)29(37)41-15-13-33-31(39)45-19-24(35)17-43-27-12-8-11-26(23-9-6-5-7-10-23)28(27)44-18-25(36)20-46-32(40)34-14-16-42-30(38)22(3)4/h5-12,24-25,35-36H,1,3,13-20H2,2,4H3,(H,33,39)(H,34,40). The van der Waals surface area contributed by atoms with Gasteiger partial charge in [0.15, 0.2) is 11.5 Å². The molecule has 0 saturated heterocycles. The molecule has 0 aliphatic carbocycles. The lowest BCUT2D eigenvalue weighted by Crippen LogP contribution is -2.33. The molecule has 0 radical (unpaired) electrons. The summed E-state index contributed by atoms with van der Waals surface area (Å²) in [5, 5.41) is 25.5. The number of alkyl carbamates (subject to hydrolysis) is 2. The Morgan fingerprint density at radius 3 is 1.67 bits per heavy atom. The SMILES string of the molecule is C=C(C)C(=O)OCCNC(=O)OCC(O)COc1cccc(-c2ccccc2)c1OCC(O)COC(=O)NCCOC(=O)C(=C)C. The van der Waals surface area contributed by atoms with Crippen molar-refractivity contribution in [3.63, 3.8) is 0 Å². The maximum absolute atomic E-state index is 11.9. The second-order valence-electron chi connectivity index (χ2n) is 9.81. The Hall–Kier alpha value is -5.08. The zero-order chi connectivity index (χ0) is 33.9. The number of aliphatic hydroxyl groups is 2. The Labute approximate surface area is 266 Å². The fourth-order valence-corrected chi connectivity index (χ4v) is 3.37. The molecule has 14 heteroatoms. The van der Waals surface area contributed by atoms with E-state index in [1.807, 2.05) is 30.3 Å². The summed E-state index contributed by atoms with van der Waals surface area (Å²) in [4.78, 5) is 46.5. The van der Waals surface area contributed by atoms with Gasteiger partial charge in [0, 0.05) is 16.7 Å². The predicted molar refractivity (Wildman–Crippen MR) is 165 cm³/mol. The van der Waals surface area contributed by atoms with E-state index in [2.05, 4.69) is 23.8 Å². The molecule has 14 nitrogen and oxygen atoms in total. The molecule has 0 bridgehead atoms. The first-order chi connectivity index (χ1) is 22.0. The number of hydrogen-bond donors (Lipinski definition) is 4. The molecule has 0 aliphatic heterocycles. The van der Waals surface area contributed by atoms with Gasteiger partial charge < -0.3 is 49.3 Å². The molecule has 0 aliphatic rings. The normalized spacial score (nSPS) is 11.7. The third-order valence-corrected chi connectivity index (χ3v) is 5.63. The number of para-hydroxylation sites is 1. The fraction of sp³-hybridized carbons (Fsp3) is 0.375. The number of ether oxygens (including phenoxy) is 6. The van der Waals surface area contributed by atoms with Gasteiger partial charge in [-0.2, -0.15) is 0 Å². The van der Waals surface area contributed by atoms with Crippen molar-refractivity contribution in [2.75, 3.05) is 52.7 Å². The predicted octanol–water partition coefficient (Wildman–Crippen LogP) is 2.52. The molecule has 0 saturated carbocycles. The van der Waals surface area contributed by atoms with E-state index in [1.165, 1.54) is 13.8 Å². The van der Waals surface area contributed by atoms with Gasteiger partial charge in [0.05, 0.1) is 13.1 Å². The van der Waals surface area contributed by atoms with Gasteiger partial charge in [-0.1, -0.05) is 55.6 Å². The fourth-order valence-electron chi connectivity index (χ4n) is 3.37. The van der Waals surface area contributed by atoms with E-state index in [0.717, 1.165) is 5.56 Å². The summed E-state index contributed by atoms with van der Waals surface area (Å²) in [6, 6.07) is 14.3. The summed E-state index contributed by atoms with van der Waals surface area (Å²) in [6.45, 7) is 8.44. The van der Waals surface area contributed by atoms with Crippen LogP contribution in [0.1, 0.15) is 13.8 Å². The van der Waals surface area contributed by atoms with Crippen molar-refractivity contribution in [1.82, 2.24) is 10.6 Å². The topological polar surface area (TPSA) is 188 Å². The average molecular weight is 645 g/mol. The number of nitrogens with one attached hydrogen (secondary N) is 2. The minimum absolute atomic E-state index is 0.00410. The van der Waals surface area contributed by atoms with Crippen LogP contribution in [-0.2, 0) is 28.5 Å². The van der Waals surface area contributed by atoms with Crippen LogP contribution in [0, 0.1) is 0 Å². The zero-order valence-corrected chi connectivity index (χ0v) is 25.8. The quantitative estimate of drug-likeness (QED) is 0.0758. The molecule has 0 aromatic heterocycles. The Morgan fingerprint density at radius 1 is 0.674 bits per heavy atom. The van der Waals surface area contributed by atoms with Crippen LogP contribution >= 0.6 is 0 Å². The molecular formula is C32H40N2O12. The summed E-state index contributed by atoms with van der Waals surface area (Å²) < 4.78 is 31.4. The Bertz CT molecular complexity index is 1330. The second kappa shape index (κ2) is 20.0. The highest BCUT2D eigenvalue weighted by atomic mass is 16.6. The molecule has 2 aromatic carbocycles. The smallest absolute Gasteiger partial charge is 0.407 e. The minimum Gasteiger partial charge on any atom is -0.487 e. The van der Waals surface area contributed by atoms with E-state index >= 15 is 0 Å². The molecule has 250 valence electrons. The lowest BCUT2D eigenvalue weighted by molar-refractivity contribution is -0.139. The molecule has 4 N–H and O–H groups in total. The van der Waals surface area contributed by atoms with Crippen LogP contribution in [0.4, 0.5) is 9.59 Å². The molecule has 0 spiro atoms. The average Bonchev–Trinajstić information content (AvgIpc) is 3.04. The van der Waals surface area contributed by atoms with Gasteiger partial charge >= 0.3 is 24.1 Å². The van der Waals surface area contributed by atoms with Gasteiger partial charge in [0.2, 0.25) is 0 Å². The summed E-state index contributed by atoms with van der Waals surface area (Å²) >= 11 is 0. The highest BCUT2D eigenvalue weighted by Gasteiger charge is 2.18. The number of rotatable bonds is 19. The van der Waals surface area contributed by atoms with Crippen LogP contribution in [0.25, 0.3) is 11.1 Å². The van der Waals surface area contributed by atoms with Gasteiger partial charge in [0.1, 0.15) is 51.8 Å². The van der Waals surface area contributed by atoms with E-state index in [9.17, 15) is 29.4 Å². The Balaban J connectivity index is 1.89. The maximum Gasteiger partial charge on any atom is 0.407 e. The van der Waals surface area contributed by atoms with E-state index in [1.54, 1.807) is 18.2 Å². The Morgan fingerprint density at radius 2 is 1.17 bits per heavy atom. The maximum atomic E-state index is 11.9. The van der Waals surface area contributed by atoms with Crippen molar-refractivity contribution in [2.45, 2.75) is 26.1 Å². The van der Waals surface area contributed by atoms with Crippen LogP contribution in [-0.4, -0.2) is 99.3 Å². The zero-order valence-electron chi connectivity index (χ0n) is 25.8. The number of aliphatic hydroxyl groups excluding tert-OH is 2. The van der Waals surface area contributed by atoms with E-state index in [4.69, 9.17) is 28.4 Å². The van der Waals surface area contributed by atoms with Crippen LogP contribution in [0.3, 0.4) is 0 Å². The molecule has 0 fully saturated rings. The van der Waals surface area contributed by atoms with E-state index in [-0.39, 0.29) is 68.8 Å². The molecule has 2 rings (SSSR count). The first-order valence-electron chi connectivity index (χ1n) is 14.2. The highest BCUT2D eigenvalue weighted by Crippen LogP contribution is 2.38. The van der Waals surface area contributed by atoms with Crippen LogP contribution in [0.15, 0.2) is 72.8 Å². The molecule has 2 amide bonds. The number of carbonyl (C=O) groups is 4. The number of hydrogen-bond acceptors (Lipinski definition) is 12. The van der Waals surface area contributed by atoms with Gasteiger partial charge in [-0.25, -0.2) is 19.2 Å². The van der Waals surface area contributed by atoms with Gasteiger partial charge in [-0.05, 0) is 25.5 Å². The largest absolute Gasteiger partial charge is 0.487 e. The number of esters is 2. The van der Waals surface area contributed by atoms with E-state index < -0.39 is 42.9 Å². The summed E-state index contributed by atoms with van der Waals surface area (Å²) in [6.07, 6.45) is -4.07. The molecule has 2 atom stereocenters. The van der Waals surface area contributed by atoms with E-state index in [0.29, 0.717) is 5.56 Å². The van der Waals surface area contributed by atoms with Crippen LogP contribution in [0.2, 0.25) is 0 Å². The lowest BCUT2D eigenvalue weighted by Gasteiger charge is -2.20. The molecule has 2 aromatic rings. The van der Waals surface area contributed by atoms with Crippen molar-refractivity contribution in [2.24, 2.45) is 0 Å². The van der Waals surface area contributed by atoms with Crippen molar-refractivity contribution < 1.29 is 57.8 Å². The van der Waals surface area contributed by atoms with Crippen molar-refractivity contribution in [1.29, 1.82) is 0 Å². The third kappa shape index (κ3) is 14.1. The number of benzene rings is 2. The molecule has 0 heterocycles. The van der Waals surface area contributed by atoms with Gasteiger partial charge in [0.25, 0.3) is 0 Å². The van der Waals surface area contributed by atoms with Crippen molar-refractivity contribution >= 4 is 24.1 Å². The minimum atomic E-state index is -1.22. The second-order valence-corrected chi connectivity index (χ2v) is 9.81. The monoisotopic (exact) mass is 644 g/mol. The summed E-state index contributed by atoms with van der Waals surface area (Å²) in [5.41, 5.74) is 1.88. The van der Waals surface area contributed by atoms with Gasteiger partial charge in [-0.15, -0.1) is 0 Å². The molecular weight excluding hydrogens is 604 g/mol. The van der Waals surface area contributed by atoms with Gasteiger partial charge in [-0.3, -0.25) is 0 Å². The number of amides is 2. The molecule has 2 unspecified atom stereocenters. The first kappa shape index (κ1) is 37.1. The lowest BCUT2D eigenvalue weighted by atomic mass is 10.0. The van der Waals surface area contributed by atoms with Crippen LogP contribution in [0.5, 0.6) is 11.5 Å². The summed E-state index contributed by atoms with van der Waals surface area (Å²) in [5.74, 6) is -0.666. The van der Waals surface area contributed by atoms with Crippen molar-refractivity contribution in [3.8, 4) is 22.6 Å². The Kier molecular flexibility index (Phi) is 16.2. The number of carbonyl (C=O) groups excluding carboxylic acids is 4.